The second-order valence-electron chi connectivity index (χ2n) is 1.41. The van der Waals surface area contributed by atoms with Crippen molar-refractivity contribution in [3.8, 4) is 6.07 Å². The fourth-order valence-electron chi connectivity index (χ4n) is 0.333. The minimum atomic E-state index is 1.08. The van der Waals surface area contributed by atoms with Crippen LogP contribution in [0.25, 0.3) is 4.25 Å². The molecule has 0 saturated heterocycles. The molecule has 0 fully saturated rings. The Kier molecular flexibility index (Phi) is 6.01. The maximum Gasteiger partial charge on any atom is 0.282 e. The van der Waals surface area contributed by atoms with E-state index in [1.165, 1.54) is 0 Å². The predicted octanol–water partition coefficient (Wildman–Crippen LogP) is 2.14. The minimum Gasteiger partial charge on any atom is -0.263 e. The van der Waals surface area contributed by atoms with E-state index < -0.39 is 0 Å². The molecule has 0 rings (SSSR count). The Morgan fingerprint density at radius 1 is 1.75 bits per heavy atom. The van der Waals surface area contributed by atoms with Gasteiger partial charge in [0.2, 0.25) is 0 Å². The largest absolute Gasteiger partial charge is 0.282 e. The van der Waals surface area contributed by atoms with Gasteiger partial charge in [0.25, 0.3) is 6.07 Å². The van der Waals surface area contributed by atoms with Crippen molar-refractivity contribution in [2.45, 2.75) is 19.8 Å². The van der Waals surface area contributed by atoms with Crippen molar-refractivity contribution in [2.75, 3.05) is 0 Å². The Morgan fingerprint density at radius 3 is 3.00 bits per heavy atom. The number of hydrogen-bond acceptors (Lipinski definition) is 1. The smallest absolute Gasteiger partial charge is 0.263 e. The summed E-state index contributed by atoms with van der Waals surface area (Å²) in [6.07, 6.45) is 5.99. The van der Waals surface area contributed by atoms with Gasteiger partial charge in [0.1, 0.15) is 0 Å². The number of rotatable bonds is 2. The molecular formula is C6H9NS. The van der Waals surface area contributed by atoms with Crippen LogP contribution in [0.3, 0.4) is 0 Å². The normalized spacial score (nSPS) is 8.62. The molecule has 8 heavy (non-hydrogen) atoms. The highest BCUT2D eigenvalue weighted by Gasteiger charge is 1.70. The molecule has 0 radical (unpaired) electrons. The van der Waals surface area contributed by atoms with Crippen molar-refractivity contribution in [3.63, 3.8) is 0 Å². The maximum atomic E-state index is 4.26. The minimum absolute atomic E-state index is 1.08. The zero-order valence-corrected chi connectivity index (χ0v) is 5.74. The van der Waals surface area contributed by atoms with E-state index in [1.54, 1.807) is 6.08 Å². The van der Waals surface area contributed by atoms with E-state index in [0.29, 0.717) is 0 Å². The van der Waals surface area contributed by atoms with Crippen LogP contribution in [-0.2, 0) is 12.8 Å². The van der Waals surface area contributed by atoms with Crippen LogP contribution in [0.15, 0.2) is 12.2 Å². The summed E-state index contributed by atoms with van der Waals surface area (Å²) in [5.41, 5.74) is 0. The van der Waals surface area contributed by atoms with Gasteiger partial charge in [-0.05, 0) is 6.42 Å². The van der Waals surface area contributed by atoms with Crippen molar-refractivity contribution < 1.29 is 0 Å². The molecule has 2 heteroatoms. The predicted molar refractivity (Wildman–Crippen MR) is 38.7 cm³/mol. The lowest BCUT2D eigenvalue weighted by molar-refractivity contribution is 0.959. The summed E-state index contributed by atoms with van der Waals surface area (Å²) in [6, 6.07) is 2.54. The molecule has 0 heterocycles. The second kappa shape index (κ2) is 6.45. The van der Waals surface area contributed by atoms with Crippen LogP contribution in [0.1, 0.15) is 19.8 Å². The highest BCUT2D eigenvalue weighted by molar-refractivity contribution is 7.61. The van der Waals surface area contributed by atoms with Gasteiger partial charge in [0.05, 0.1) is 6.08 Å². The first-order chi connectivity index (χ1) is 3.91. The van der Waals surface area contributed by atoms with Gasteiger partial charge in [-0.25, -0.2) is 0 Å². The van der Waals surface area contributed by atoms with Crippen LogP contribution >= 0.6 is 0 Å². The summed E-state index contributed by atoms with van der Waals surface area (Å²) in [4.78, 5) is 0. The standard InChI is InChI=1S/C6H9NS/c1-2-3-4-5-6-7-8/h4-5H,2-3H2,1H3. The fraction of sp³-hybridized carbons (Fsp3) is 0.500. The van der Waals surface area contributed by atoms with E-state index in [-0.39, 0.29) is 0 Å². The zero-order valence-electron chi connectivity index (χ0n) is 4.92. The average molecular weight is 127 g/mol. The Labute approximate surface area is 55.8 Å². The summed E-state index contributed by atoms with van der Waals surface area (Å²) in [6.45, 7) is 2.12. The van der Waals surface area contributed by atoms with E-state index in [4.69, 9.17) is 0 Å². The molecule has 0 aromatic carbocycles. The third kappa shape index (κ3) is 5.45. The number of unbranched alkanes of at least 4 members (excludes halogenated alkanes) is 1. The average Bonchev–Trinajstić information content (AvgIpc) is 1.81. The van der Waals surface area contributed by atoms with Crippen molar-refractivity contribution in [1.29, 1.82) is 0 Å². The third-order valence-electron chi connectivity index (χ3n) is 0.700. The Bertz CT molecular complexity index is 118. The van der Waals surface area contributed by atoms with Gasteiger partial charge in [0.15, 0.2) is 0 Å². The van der Waals surface area contributed by atoms with E-state index in [9.17, 15) is 0 Å². The quantitative estimate of drug-likeness (QED) is 0.406. The maximum absolute atomic E-state index is 4.26. The van der Waals surface area contributed by atoms with Crippen LogP contribution in [0.4, 0.5) is 0 Å². The van der Waals surface area contributed by atoms with E-state index in [0.717, 1.165) is 12.8 Å². The molecule has 0 aromatic rings. The molecule has 1 nitrogen and oxygen atoms in total. The number of nitrogens with zero attached hydrogens (tertiary/aromatic N) is 1. The fourth-order valence-corrected chi connectivity index (χ4v) is 0.394. The lowest BCUT2D eigenvalue weighted by Gasteiger charge is -1.74. The molecule has 0 aliphatic heterocycles. The van der Waals surface area contributed by atoms with Gasteiger partial charge in [-0.3, -0.25) is 12.8 Å². The Balaban J connectivity index is 3.16. The van der Waals surface area contributed by atoms with Gasteiger partial charge in [-0.2, -0.15) is 4.25 Å². The molecule has 0 saturated carbocycles. The highest BCUT2D eigenvalue weighted by Crippen LogP contribution is 1.86. The van der Waals surface area contributed by atoms with Gasteiger partial charge in [-0.1, -0.05) is 19.4 Å². The topological polar surface area (TPSA) is 4.36 Å². The highest BCUT2D eigenvalue weighted by atomic mass is 32.1. The second-order valence-corrected chi connectivity index (χ2v) is 1.59. The van der Waals surface area contributed by atoms with Crippen LogP contribution < -0.4 is 0 Å². The van der Waals surface area contributed by atoms with Crippen molar-refractivity contribution in [1.82, 2.24) is 0 Å². The van der Waals surface area contributed by atoms with E-state index in [1.807, 2.05) is 6.08 Å². The summed E-state index contributed by atoms with van der Waals surface area (Å²) in [5, 5.41) is 0. The van der Waals surface area contributed by atoms with Crippen LogP contribution in [0.5, 0.6) is 0 Å². The third-order valence-corrected chi connectivity index (χ3v) is 0.806. The first kappa shape index (κ1) is 7.45. The van der Waals surface area contributed by atoms with E-state index >= 15 is 0 Å². The SMILES string of the molecule is CCCC=CC#[N+][S-]. The summed E-state index contributed by atoms with van der Waals surface area (Å²) in [7, 11) is 0. The van der Waals surface area contributed by atoms with Gasteiger partial charge in [-0.15, -0.1) is 0 Å². The van der Waals surface area contributed by atoms with Crippen molar-refractivity contribution >= 4 is 12.8 Å². The first-order valence-electron chi connectivity index (χ1n) is 2.64. The Morgan fingerprint density at radius 2 is 2.50 bits per heavy atom. The molecule has 0 aromatic heterocycles. The van der Waals surface area contributed by atoms with Crippen LogP contribution in [-0.4, -0.2) is 0 Å². The molecule has 0 spiro atoms. The van der Waals surface area contributed by atoms with Gasteiger partial charge < -0.3 is 0 Å². The number of allylic oxidation sites excluding steroid dienone is 2. The molecule has 0 bridgehead atoms. The summed E-state index contributed by atoms with van der Waals surface area (Å²) < 4.78 is 3.25. The lowest BCUT2D eigenvalue weighted by Crippen LogP contribution is -1.57. The first-order valence-corrected chi connectivity index (χ1v) is 3.01. The van der Waals surface area contributed by atoms with Crippen molar-refractivity contribution in [2.24, 2.45) is 0 Å². The molecule has 0 aliphatic carbocycles. The summed E-state index contributed by atoms with van der Waals surface area (Å²) in [5.74, 6) is 0. The van der Waals surface area contributed by atoms with Crippen molar-refractivity contribution in [3.05, 3.63) is 16.4 Å². The molecule has 0 atom stereocenters. The zero-order chi connectivity index (χ0) is 6.24. The monoisotopic (exact) mass is 127 g/mol. The Hall–Kier alpha value is -0.550. The van der Waals surface area contributed by atoms with Crippen LogP contribution in [0, 0.1) is 6.07 Å². The van der Waals surface area contributed by atoms with Gasteiger partial charge in [0, 0.05) is 0 Å². The number of hydrogen-bond donors (Lipinski definition) is 0. The molecular weight excluding hydrogens is 118 g/mol. The summed E-state index contributed by atoms with van der Waals surface area (Å²) >= 11 is 4.26. The molecule has 0 amide bonds. The molecule has 0 unspecified atom stereocenters. The lowest BCUT2D eigenvalue weighted by atomic mass is 10.3. The van der Waals surface area contributed by atoms with Gasteiger partial charge >= 0.3 is 0 Å². The van der Waals surface area contributed by atoms with E-state index in [2.05, 4.69) is 30.1 Å². The molecule has 0 N–H and O–H groups in total. The van der Waals surface area contributed by atoms with Crippen LogP contribution in [0.2, 0.25) is 0 Å². The molecule has 44 valence electrons. The molecule has 0 aliphatic rings.